The first-order valence-corrected chi connectivity index (χ1v) is 6.12. The van der Waals surface area contributed by atoms with Crippen LogP contribution in [0.25, 0.3) is 0 Å². The second-order valence-electron chi connectivity index (χ2n) is 3.11. The van der Waals surface area contributed by atoms with Crippen molar-refractivity contribution >= 4 is 16.0 Å². The van der Waals surface area contributed by atoms with Gasteiger partial charge in [-0.15, -0.1) is 0 Å². The normalized spacial score (nSPS) is 11.1. The van der Waals surface area contributed by atoms with E-state index in [1.54, 1.807) is 6.07 Å². The largest absolute Gasteiger partial charge is 0.267 e. The molecule has 0 bridgehead atoms. The van der Waals surface area contributed by atoms with Crippen LogP contribution in [0.3, 0.4) is 0 Å². The monoisotopic (exact) mass is 253 g/mol. The number of rotatable bonds is 3. The summed E-state index contributed by atoms with van der Waals surface area (Å²) >= 11 is 0. The van der Waals surface area contributed by atoms with Crippen LogP contribution < -0.4 is 4.72 Å². The number of nitrogens with zero attached hydrogens (tertiary/aromatic N) is 2. The van der Waals surface area contributed by atoms with Gasteiger partial charge in [0, 0.05) is 12.4 Å². The Labute approximate surface area is 97.4 Å². The minimum absolute atomic E-state index is 0.101. The van der Waals surface area contributed by atoms with Gasteiger partial charge in [-0.05, 0) is 18.2 Å². The second kappa shape index (κ2) is 4.46. The second-order valence-corrected chi connectivity index (χ2v) is 4.76. The lowest BCUT2D eigenvalue weighted by Gasteiger charge is -2.06. The maximum atomic E-state index is 13.3. The molecule has 0 aliphatic rings. The zero-order valence-corrected chi connectivity index (χ0v) is 9.36. The van der Waals surface area contributed by atoms with Crippen molar-refractivity contribution < 1.29 is 12.8 Å². The number of anilines is 1. The molecule has 1 aromatic heterocycles. The van der Waals surface area contributed by atoms with E-state index in [9.17, 15) is 12.8 Å². The molecule has 17 heavy (non-hydrogen) atoms. The van der Waals surface area contributed by atoms with E-state index >= 15 is 0 Å². The summed E-state index contributed by atoms with van der Waals surface area (Å²) in [4.78, 5) is 6.95. The third-order valence-corrected chi connectivity index (χ3v) is 3.28. The van der Waals surface area contributed by atoms with Crippen LogP contribution >= 0.6 is 0 Å². The van der Waals surface area contributed by atoms with Crippen LogP contribution in [0, 0.1) is 5.82 Å². The Bertz CT molecular complexity index is 616. The number of hydrogen-bond acceptors (Lipinski definition) is 4. The summed E-state index contributed by atoms with van der Waals surface area (Å²) < 4.78 is 39.0. The molecular formula is C10H8FN3O2S. The molecule has 0 atom stereocenters. The summed E-state index contributed by atoms with van der Waals surface area (Å²) in [6, 6.07) is 6.62. The van der Waals surface area contributed by atoms with Crippen LogP contribution in [0.2, 0.25) is 0 Å². The van der Waals surface area contributed by atoms with Crippen LogP contribution in [0.1, 0.15) is 0 Å². The fraction of sp³-hybridized carbons (Fsp3) is 0. The third kappa shape index (κ3) is 2.56. The number of benzene rings is 1. The zero-order chi connectivity index (χ0) is 12.3. The first-order chi connectivity index (χ1) is 8.09. The topological polar surface area (TPSA) is 72.0 Å². The highest BCUT2D eigenvalue weighted by molar-refractivity contribution is 7.92. The summed E-state index contributed by atoms with van der Waals surface area (Å²) in [7, 11) is -3.99. The van der Waals surface area contributed by atoms with E-state index in [4.69, 9.17) is 0 Å². The quantitative estimate of drug-likeness (QED) is 0.897. The molecule has 5 nitrogen and oxygen atoms in total. The van der Waals surface area contributed by atoms with Gasteiger partial charge >= 0.3 is 0 Å². The molecule has 2 aromatic rings. The van der Waals surface area contributed by atoms with E-state index in [1.165, 1.54) is 30.6 Å². The van der Waals surface area contributed by atoms with Crippen LogP contribution in [-0.2, 0) is 10.0 Å². The number of aromatic nitrogens is 2. The van der Waals surface area contributed by atoms with Gasteiger partial charge in [-0.3, -0.25) is 0 Å². The fourth-order valence-corrected chi connectivity index (χ4v) is 2.23. The van der Waals surface area contributed by atoms with Gasteiger partial charge in [-0.1, -0.05) is 12.1 Å². The number of sulfonamides is 1. The molecule has 0 spiro atoms. The Balaban J connectivity index is 2.36. The number of hydrogen-bond donors (Lipinski definition) is 1. The molecular weight excluding hydrogens is 245 g/mol. The summed E-state index contributed by atoms with van der Waals surface area (Å²) in [5, 5.41) is 0. The lowest BCUT2D eigenvalue weighted by molar-refractivity contribution is 0.570. The predicted molar refractivity (Wildman–Crippen MR) is 59.2 cm³/mol. The Morgan fingerprint density at radius 3 is 2.35 bits per heavy atom. The highest BCUT2D eigenvalue weighted by atomic mass is 32.2. The first-order valence-electron chi connectivity index (χ1n) is 4.64. The van der Waals surface area contributed by atoms with Crippen LogP contribution in [0.5, 0.6) is 0 Å². The van der Waals surface area contributed by atoms with Gasteiger partial charge in [0.05, 0.1) is 0 Å². The van der Waals surface area contributed by atoms with Gasteiger partial charge in [-0.2, -0.15) is 0 Å². The summed E-state index contributed by atoms with van der Waals surface area (Å²) in [5.41, 5.74) is 0. The van der Waals surface area contributed by atoms with E-state index in [1.807, 2.05) is 0 Å². The van der Waals surface area contributed by atoms with E-state index in [-0.39, 0.29) is 5.95 Å². The Morgan fingerprint density at radius 1 is 1.06 bits per heavy atom. The van der Waals surface area contributed by atoms with Crippen molar-refractivity contribution in [1.82, 2.24) is 9.97 Å². The van der Waals surface area contributed by atoms with Crippen molar-refractivity contribution in [1.29, 1.82) is 0 Å². The molecule has 1 heterocycles. The standard InChI is InChI=1S/C10H8FN3O2S/c11-8-4-1-2-5-9(8)17(15,16)14-10-12-6-3-7-13-10/h1-7H,(H,12,13,14). The summed E-state index contributed by atoms with van der Waals surface area (Å²) in [6.07, 6.45) is 2.76. The molecule has 1 N–H and O–H groups in total. The Kier molecular flexibility index (Phi) is 3.01. The molecule has 0 aliphatic carbocycles. The third-order valence-electron chi connectivity index (χ3n) is 1.92. The molecule has 0 fully saturated rings. The van der Waals surface area contributed by atoms with Gasteiger partial charge < -0.3 is 0 Å². The van der Waals surface area contributed by atoms with Crippen molar-refractivity contribution in [2.75, 3.05) is 4.72 Å². The SMILES string of the molecule is O=S(=O)(Nc1ncccn1)c1ccccc1F. The van der Waals surface area contributed by atoms with Crippen molar-refractivity contribution in [2.45, 2.75) is 4.90 Å². The summed E-state index contributed by atoms with van der Waals surface area (Å²) in [5.74, 6) is -0.924. The Morgan fingerprint density at radius 2 is 1.71 bits per heavy atom. The van der Waals surface area contributed by atoms with Crippen LogP contribution in [-0.4, -0.2) is 18.4 Å². The van der Waals surface area contributed by atoms with Crippen molar-refractivity contribution in [3.05, 3.63) is 48.5 Å². The average Bonchev–Trinajstić information content (AvgIpc) is 2.30. The molecule has 0 saturated carbocycles. The van der Waals surface area contributed by atoms with Gasteiger partial charge in [0.1, 0.15) is 10.7 Å². The molecule has 1 aromatic carbocycles. The van der Waals surface area contributed by atoms with Crippen molar-refractivity contribution in [3.63, 3.8) is 0 Å². The molecule has 2 rings (SSSR count). The molecule has 0 aliphatic heterocycles. The number of nitrogens with one attached hydrogen (secondary N) is 1. The molecule has 0 unspecified atom stereocenters. The molecule has 7 heteroatoms. The van der Waals surface area contributed by atoms with Gasteiger partial charge in [0.2, 0.25) is 5.95 Å². The highest BCUT2D eigenvalue weighted by Gasteiger charge is 2.19. The lowest BCUT2D eigenvalue weighted by atomic mass is 10.4. The zero-order valence-electron chi connectivity index (χ0n) is 8.54. The fourth-order valence-electron chi connectivity index (χ4n) is 1.19. The number of halogens is 1. The van der Waals surface area contributed by atoms with Gasteiger partial charge in [0.25, 0.3) is 10.0 Å². The molecule has 0 amide bonds. The lowest BCUT2D eigenvalue weighted by Crippen LogP contribution is -2.16. The minimum atomic E-state index is -3.99. The van der Waals surface area contributed by atoms with Crippen molar-refractivity contribution in [3.8, 4) is 0 Å². The van der Waals surface area contributed by atoms with Crippen LogP contribution in [0.15, 0.2) is 47.6 Å². The van der Waals surface area contributed by atoms with Crippen LogP contribution in [0.4, 0.5) is 10.3 Å². The van der Waals surface area contributed by atoms with Crippen molar-refractivity contribution in [2.24, 2.45) is 0 Å². The van der Waals surface area contributed by atoms with E-state index in [0.717, 1.165) is 6.07 Å². The first kappa shape index (κ1) is 11.5. The average molecular weight is 253 g/mol. The Hall–Kier alpha value is -2.02. The van der Waals surface area contributed by atoms with Gasteiger partial charge in [0.15, 0.2) is 0 Å². The smallest absolute Gasteiger partial charge is 0.247 e. The highest BCUT2D eigenvalue weighted by Crippen LogP contribution is 2.15. The minimum Gasteiger partial charge on any atom is -0.247 e. The molecule has 88 valence electrons. The van der Waals surface area contributed by atoms with E-state index in [2.05, 4.69) is 14.7 Å². The van der Waals surface area contributed by atoms with E-state index < -0.39 is 20.7 Å². The maximum absolute atomic E-state index is 13.3. The maximum Gasteiger partial charge on any atom is 0.267 e. The summed E-state index contributed by atoms with van der Waals surface area (Å²) in [6.45, 7) is 0. The predicted octanol–water partition coefficient (Wildman–Crippen LogP) is 1.42. The molecule has 0 radical (unpaired) electrons. The van der Waals surface area contributed by atoms with E-state index in [0.29, 0.717) is 0 Å². The van der Waals surface area contributed by atoms with Gasteiger partial charge in [-0.25, -0.2) is 27.5 Å². The molecule has 0 saturated heterocycles.